The summed E-state index contributed by atoms with van der Waals surface area (Å²) < 4.78 is 10.6. The van der Waals surface area contributed by atoms with Crippen LogP contribution in [0.2, 0.25) is 0 Å². The van der Waals surface area contributed by atoms with Gasteiger partial charge in [0, 0.05) is 31.3 Å². The van der Waals surface area contributed by atoms with E-state index in [1.165, 1.54) is 12.1 Å². The number of non-ortho nitro benzene ring substituents is 1. The first-order chi connectivity index (χ1) is 8.94. The number of rotatable bonds is 8. The average Bonchev–Trinajstić information content (AvgIpc) is 2.35. The third kappa shape index (κ3) is 5.67. The van der Waals surface area contributed by atoms with Gasteiger partial charge in [-0.15, -0.1) is 0 Å². The van der Waals surface area contributed by atoms with Gasteiger partial charge in [-0.2, -0.15) is 0 Å². The van der Waals surface area contributed by atoms with Crippen molar-refractivity contribution in [2.24, 2.45) is 0 Å². The van der Waals surface area contributed by atoms with Crippen LogP contribution in [-0.4, -0.2) is 37.3 Å². The summed E-state index contributed by atoms with van der Waals surface area (Å²) in [5.41, 5.74) is -0.0418. The minimum Gasteiger partial charge on any atom is -0.492 e. The molecule has 0 aliphatic heterocycles. The van der Waals surface area contributed by atoms with Crippen LogP contribution < -0.4 is 10.1 Å². The van der Waals surface area contributed by atoms with Crippen LogP contribution in [0.1, 0.15) is 13.8 Å². The number of hydrogen-bond acceptors (Lipinski definition) is 5. The first kappa shape index (κ1) is 15.4. The lowest BCUT2D eigenvalue weighted by molar-refractivity contribution is -0.384. The van der Waals surface area contributed by atoms with E-state index < -0.39 is 4.92 Å². The maximum Gasteiger partial charge on any atom is 0.269 e. The fraction of sp³-hybridized carbons (Fsp3) is 0.538. The van der Waals surface area contributed by atoms with E-state index in [0.29, 0.717) is 25.5 Å². The topological polar surface area (TPSA) is 73.6 Å². The molecule has 0 bridgehead atoms. The summed E-state index contributed by atoms with van der Waals surface area (Å²) >= 11 is 0. The summed E-state index contributed by atoms with van der Waals surface area (Å²) in [6, 6.07) is 6.05. The summed E-state index contributed by atoms with van der Waals surface area (Å²) in [6.45, 7) is 5.87. The van der Waals surface area contributed by atoms with Crippen LogP contribution in [0.3, 0.4) is 0 Å². The smallest absolute Gasteiger partial charge is 0.269 e. The molecule has 0 radical (unpaired) electrons. The predicted octanol–water partition coefficient (Wildman–Crippen LogP) is 1.99. The largest absolute Gasteiger partial charge is 0.492 e. The summed E-state index contributed by atoms with van der Waals surface area (Å²) in [4.78, 5) is 10.1. The molecule has 0 saturated carbocycles. The number of nitro benzene ring substituents is 1. The molecule has 0 saturated heterocycles. The van der Waals surface area contributed by atoms with Crippen molar-refractivity contribution in [1.29, 1.82) is 0 Å². The van der Waals surface area contributed by atoms with E-state index in [0.717, 1.165) is 0 Å². The van der Waals surface area contributed by atoms with E-state index in [2.05, 4.69) is 5.32 Å². The third-order valence-corrected chi connectivity index (χ3v) is 2.53. The predicted molar refractivity (Wildman–Crippen MR) is 72.5 cm³/mol. The van der Waals surface area contributed by atoms with Crippen molar-refractivity contribution in [1.82, 2.24) is 5.32 Å². The summed E-state index contributed by atoms with van der Waals surface area (Å²) in [5, 5.41) is 13.8. The monoisotopic (exact) mass is 268 g/mol. The standard InChI is InChI=1S/C13H20N2O4/c1-13(2,10-18-3)14-8-9-19-12-6-4-11(5-7-12)15(16)17/h4-7,14H,8-10H2,1-3H3. The van der Waals surface area contributed by atoms with Crippen molar-refractivity contribution in [2.75, 3.05) is 26.9 Å². The van der Waals surface area contributed by atoms with Crippen LogP contribution in [0.25, 0.3) is 0 Å². The molecule has 1 aromatic carbocycles. The van der Waals surface area contributed by atoms with Gasteiger partial charge in [0.25, 0.3) is 5.69 Å². The Hall–Kier alpha value is -1.66. The second-order valence-electron chi connectivity index (χ2n) is 4.84. The molecule has 0 spiro atoms. The Morgan fingerprint density at radius 3 is 2.47 bits per heavy atom. The van der Waals surface area contributed by atoms with E-state index >= 15 is 0 Å². The van der Waals surface area contributed by atoms with E-state index in [1.54, 1.807) is 19.2 Å². The highest BCUT2D eigenvalue weighted by Crippen LogP contribution is 2.17. The molecule has 0 aliphatic carbocycles. The first-order valence-corrected chi connectivity index (χ1v) is 6.06. The summed E-state index contributed by atoms with van der Waals surface area (Å²) in [7, 11) is 1.66. The van der Waals surface area contributed by atoms with Gasteiger partial charge in [-0.25, -0.2) is 0 Å². The molecule has 0 aromatic heterocycles. The van der Waals surface area contributed by atoms with Crippen molar-refractivity contribution in [3.05, 3.63) is 34.4 Å². The zero-order valence-electron chi connectivity index (χ0n) is 11.5. The van der Waals surface area contributed by atoms with Crippen molar-refractivity contribution >= 4 is 5.69 Å². The Bertz CT molecular complexity index is 404. The third-order valence-electron chi connectivity index (χ3n) is 2.53. The SMILES string of the molecule is COCC(C)(C)NCCOc1ccc([N+](=O)[O-])cc1. The molecule has 0 aliphatic rings. The normalized spacial score (nSPS) is 11.3. The molecular formula is C13H20N2O4. The first-order valence-electron chi connectivity index (χ1n) is 6.06. The van der Waals surface area contributed by atoms with Gasteiger partial charge in [0.2, 0.25) is 0 Å². The van der Waals surface area contributed by atoms with Crippen LogP contribution in [0, 0.1) is 10.1 Å². The van der Waals surface area contributed by atoms with Gasteiger partial charge in [-0.3, -0.25) is 10.1 Å². The molecule has 1 aromatic rings. The number of hydrogen-bond donors (Lipinski definition) is 1. The maximum absolute atomic E-state index is 10.5. The quantitative estimate of drug-likeness (QED) is 0.443. The van der Waals surface area contributed by atoms with Gasteiger partial charge < -0.3 is 14.8 Å². The van der Waals surface area contributed by atoms with E-state index in [-0.39, 0.29) is 11.2 Å². The summed E-state index contributed by atoms with van der Waals surface area (Å²) in [6.07, 6.45) is 0. The average molecular weight is 268 g/mol. The van der Waals surface area contributed by atoms with Gasteiger partial charge >= 0.3 is 0 Å². The fourth-order valence-electron chi connectivity index (χ4n) is 1.63. The van der Waals surface area contributed by atoms with E-state index in [4.69, 9.17) is 9.47 Å². The Morgan fingerprint density at radius 1 is 1.32 bits per heavy atom. The molecule has 0 heterocycles. The minimum absolute atomic E-state index is 0.0618. The van der Waals surface area contributed by atoms with Gasteiger partial charge in [-0.1, -0.05) is 0 Å². The number of nitrogens with one attached hydrogen (secondary N) is 1. The lowest BCUT2D eigenvalue weighted by Gasteiger charge is -2.25. The number of ether oxygens (including phenoxy) is 2. The Morgan fingerprint density at radius 2 is 1.95 bits per heavy atom. The Labute approximate surface area is 112 Å². The lowest BCUT2D eigenvalue weighted by Crippen LogP contribution is -2.45. The van der Waals surface area contributed by atoms with Crippen LogP contribution in [0.4, 0.5) is 5.69 Å². The zero-order valence-corrected chi connectivity index (χ0v) is 11.5. The molecule has 106 valence electrons. The number of methoxy groups -OCH3 is 1. The van der Waals surface area contributed by atoms with Crippen molar-refractivity contribution in [3.8, 4) is 5.75 Å². The molecule has 0 atom stereocenters. The van der Waals surface area contributed by atoms with Crippen LogP contribution in [0.5, 0.6) is 5.75 Å². The molecule has 0 fully saturated rings. The molecule has 6 heteroatoms. The van der Waals surface area contributed by atoms with E-state index in [9.17, 15) is 10.1 Å². The van der Waals surface area contributed by atoms with Crippen molar-refractivity contribution in [3.63, 3.8) is 0 Å². The number of nitrogens with zero attached hydrogens (tertiary/aromatic N) is 1. The van der Waals surface area contributed by atoms with Gasteiger partial charge in [0.1, 0.15) is 12.4 Å². The highest BCUT2D eigenvalue weighted by molar-refractivity contribution is 5.35. The Kier molecular flexibility index (Phi) is 5.72. The van der Waals surface area contributed by atoms with Crippen LogP contribution >= 0.6 is 0 Å². The number of benzene rings is 1. The second kappa shape index (κ2) is 7.06. The zero-order chi connectivity index (χ0) is 14.3. The molecule has 1 rings (SSSR count). The molecule has 6 nitrogen and oxygen atoms in total. The highest BCUT2D eigenvalue weighted by atomic mass is 16.6. The second-order valence-corrected chi connectivity index (χ2v) is 4.84. The lowest BCUT2D eigenvalue weighted by atomic mass is 10.1. The van der Waals surface area contributed by atoms with E-state index in [1.807, 2.05) is 13.8 Å². The van der Waals surface area contributed by atoms with Gasteiger partial charge in [0.15, 0.2) is 0 Å². The molecule has 0 amide bonds. The fourth-order valence-corrected chi connectivity index (χ4v) is 1.63. The Balaban J connectivity index is 2.31. The molecule has 19 heavy (non-hydrogen) atoms. The van der Waals surface area contributed by atoms with Gasteiger partial charge in [0.05, 0.1) is 11.5 Å². The maximum atomic E-state index is 10.5. The van der Waals surface area contributed by atoms with Crippen molar-refractivity contribution in [2.45, 2.75) is 19.4 Å². The van der Waals surface area contributed by atoms with Crippen molar-refractivity contribution < 1.29 is 14.4 Å². The molecule has 1 N–H and O–H groups in total. The van der Waals surface area contributed by atoms with Crippen LogP contribution in [0.15, 0.2) is 24.3 Å². The number of nitro groups is 1. The molecular weight excluding hydrogens is 248 g/mol. The summed E-state index contributed by atoms with van der Waals surface area (Å²) in [5.74, 6) is 0.622. The van der Waals surface area contributed by atoms with Crippen LogP contribution in [-0.2, 0) is 4.74 Å². The highest BCUT2D eigenvalue weighted by Gasteiger charge is 2.15. The molecule has 0 unspecified atom stereocenters. The van der Waals surface area contributed by atoms with Gasteiger partial charge in [-0.05, 0) is 26.0 Å². The minimum atomic E-state index is -0.432.